The van der Waals surface area contributed by atoms with Crippen LogP contribution in [0, 0.1) is 19.7 Å². The number of anilines is 2. The molecule has 0 amide bonds. The Morgan fingerprint density at radius 3 is 2.16 bits per heavy atom. The lowest BCUT2D eigenvalue weighted by Crippen LogP contribution is -2.49. The molecule has 3 aromatic heterocycles. The molecule has 0 aliphatic carbocycles. The van der Waals surface area contributed by atoms with Gasteiger partial charge in [-0.15, -0.1) is 0 Å². The molecule has 0 radical (unpaired) electrons. The highest BCUT2D eigenvalue weighted by Gasteiger charge is 2.36. The average molecular weight is 513 g/mol. The summed E-state index contributed by atoms with van der Waals surface area (Å²) >= 11 is 0. The SMILES string of the molecule is Cc1cccc(F)c1N1CCN(c2c(C)c3nccnc3n(Cc3nccnc3C(F)(F)F)c2=O)CC1. The number of aryl methyl sites for hydroxylation is 2. The van der Waals surface area contributed by atoms with Crippen molar-refractivity contribution in [3.63, 3.8) is 0 Å². The van der Waals surface area contributed by atoms with E-state index in [2.05, 4.69) is 19.9 Å². The second-order valence-electron chi connectivity index (χ2n) is 8.82. The maximum atomic E-state index is 14.5. The normalized spacial score (nSPS) is 14.4. The Labute approximate surface area is 209 Å². The Morgan fingerprint density at radius 1 is 0.865 bits per heavy atom. The molecular formula is C25H23F4N7O. The number of rotatable bonds is 4. The van der Waals surface area contributed by atoms with Crippen molar-refractivity contribution in [2.45, 2.75) is 26.6 Å². The van der Waals surface area contributed by atoms with E-state index < -0.39 is 29.7 Å². The summed E-state index contributed by atoms with van der Waals surface area (Å²) in [6.45, 7) is 4.86. The zero-order valence-electron chi connectivity index (χ0n) is 20.1. The molecular weight excluding hydrogens is 490 g/mol. The largest absolute Gasteiger partial charge is 0.435 e. The Hall–Kier alpha value is -4.09. The van der Waals surface area contributed by atoms with Gasteiger partial charge in [0.25, 0.3) is 5.56 Å². The van der Waals surface area contributed by atoms with Crippen molar-refractivity contribution in [2.75, 3.05) is 36.0 Å². The van der Waals surface area contributed by atoms with Crippen LogP contribution in [0.1, 0.15) is 22.5 Å². The van der Waals surface area contributed by atoms with Gasteiger partial charge in [0.2, 0.25) is 0 Å². The summed E-state index contributed by atoms with van der Waals surface area (Å²) in [7, 11) is 0. The van der Waals surface area contributed by atoms with Gasteiger partial charge in [-0.1, -0.05) is 12.1 Å². The van der Waals surface area contributed by atoms with Crippen LogP contribution in [0.25, 0.3) is 11.2 Å². The molecule has 192 valence electrons. The third-order valence-corrected chi connectivity index (χ3v) is 6.54. The van der Waals surface area contributed by atoms with Crippen molar-refractivity contribution in [1.82, 2.24) is 24.5 Å². The van der Waals surface area contributed by atoms with E-state index >= 15 is 0 Å². The van der Waals surface area contributed by atoms with E-state index in [1.165, 1.54) is 18.5 Å². The molecule has 0 spiro atoms. The van der Waals surface area contributed by atoms with Gasteiger partial charge in [0.1, 0.15) is 17.0 Å². The maximum absolute atomic E-state index is 14.5. The molecule has 37 heavy (non-hydrogen) atoms. The Morgan fingerprint density at radius 2 is 1.49 bits per heavy atom. The van der Waals surface area contributed by atoms with Crippen molar-refractivity contribution in [3.8, 4) is 0 Å². The number of piperazine rings is 1. The number of fused-ring (bicyclic) bond motifs is 1. The lowest BCUT2D eigenvalue weighted by molar-refractivity contribution is -0.142. The van der Waals surface area contributed by atoms with Gasteiger partial charge in [-0.25, -0.2) is 14.4 Å². The van der Waals surface area contributed by atoms with E-state index in [0.29, 0.717) is 48.6 Å². The summed E-state index contributed by atoms with van der Waals surface area (Å²) in [4.78, 5) is 33.5. The van der Waals surface area contributed by atoms with Crippen LogP contribution in [0.2, 0.25) is 0 Å². The molecule has 1 fully saturated rings. The third kappa shape index (κ3) is 4.47. The van der Waals surface area contributed by atoms with Crippen LogP contribution in [-0.4, -0.2) is 50.7 Å². The topological polar surface area (TPSA) is 80.0 Å². The van der Waals surface area contributed by atoms with E-state index in [0.717, 1.165) is 22.5 Å². The van der Waals surface area contributed by atoms with Crippen LogP contribution >= 0.6 is 0 Å². The van der Waals surface area contributed by atoms with Crippen LogP contribution in [-0.2, 0) is 12.7 Å². The summed E-state index contributed by atoms with van der Waals surface area (Å²) in [6.07, 6.45) is 0.237. The number of halogens is 4. The zero-order valence-corrected chi connectivity index (χ0v) is 20.1. The van der Waals surface area contributed by atoms with Gasteiger partial charge in [-0.05, 0) is 25.5 Å². The molecule has 0 unspecified atom stereocenters. The quantitative estimate of drug-likeness (QED) is 0.385. The molecule has 0 saturated carbocycles. The first-order valence-electron chi connectivity index (χ1n) is 11.6. The highest BCUT2D eigenvalue weighted by molar-refractivity contribution is 5.80. The van der Waals surface area contributed by atoms with E-state index in [-0.39, 0.29) is 11.5 Å². The van der Waals surface area contributed by atoms with Gasteiger partial charge in [-0.3, -0.25) is 19.3 Å². The van der Waals surface area contributed by atoms with E-state index in [9.17, 15) is 22.4 Å². The Balaban J connectivity index is 1.55. The lowest BCUT2D eigenvalue weighted by atomic mass is 10.1. The van der Waals surface area contributed by atoms with E-state index in [1.807, 2.05) is 22.8 Å². The number of alkyl halides is 3. The first kappa shape index (κ1) is 24.6. The van der Waals surface area contributed by atoms with Gasteiger partial charge < -0.3 is 9.80 Å². The monoisotopic (exact) mass is 513 g/mol. The number of hydrogen-bond donors (Lipinski definition) is 0. The number of benzene rings is 1. The predicted molar refractivity (Wildman–Crippen MR) is 130 cm³/mol. The van der Waals surface area contributed by atoms with Crippen molar-refractivity contribution in [3.05, 3.63) is 81.7 Å². The fraction of sp³-hybridized carbons (Fsp3) is 0.320. The summed E-state index contributed by atoms with van der Waals surface area (Å²) in [6, 6.07) is 4.92. The molecule has 4 aromatic rings. The number of nitrogens with zero attached hydrogens (tertiary/aromatic N) is 7. The lowest BCUT2D eigenvalue weighted by Gasteiger charge is -2.38. The van der Waals surface area contributed by atoms with Crippen LogP contribution in [0.15, 0.2) is 47.8 Å². The molecule has 0 atom stereocenters. The summed E-state index contributed by atoms with van der Waals surface area (Å²) in [5.41, 5.74) is 0.773. The summed E-state index contributed by atoms with van der Waals surface area (Å²) in [5.74, 6) is -0.308. The number of pyridine rings is 1. The van der Waals surface area contributed by atoms with Crippen molar-refractivity contribution in [1.29, 1.82) is 0 Å². The molecule has 1 saturated heterocycles. The van der Waals surface area contributed by atoms with Crippen LogP contribution in [0.3, 0.4) is 0 Å². The van der Waals surface area contributed by atoms with Crippen LogP contribution in [0.5, 0.6) is 0 Å². The molecule has 0 N–H and O–H groups in total. The fourth-order valence-corrected chi connectivity index (χ4v) is 4.85. The van der Waals surface area contributed by atoms with Crippen molar-refractivity contribution in [2.24, 2.45) is 0 Å². The molecule has 1 aliphatic heterocycles. The molecule has 1 aromatic carbocycles. The van der Waals surface area contributed by atoms with Crippen LogP contribution < -0.4 is 15.4 Å². The van der Waals surface area contributed by atoms with Gasteiger partial charge in [0.15, 0.2) is 11.3 Å². The Bertz CT molecular complexity index is 1510. The minimum Gasteiger partial charge on any atom is -0.365 e. The average Bonchev–Trinajstić information content (AvgIpc) is 2.87. The first-order valence-corrected chi connectivity index (χ1v) is 11.6. The fourth-order valence-electron chi connectivity index (χ4n) is 4.85. The Kier molecular flexibility index (Phi) is 6.26. The van der Waals surface area contributed by atoms with Gasteiger partial charge >= 0.3 is 6.18 Å². The van der Waals surface area contributed by atoms with E-state index in [1.54, 1.807) is 13.0 Å². The number of para-hydroxylation sites is 1. The van der Waals surface area contributed by atoms with Gasteiger partial charge in [-0.2, -0.15) is 13.2 Å². The van der Waals surface area contributed by atoms with Crippen molar-refractivity contribution < 1.29 is 17.6 Å². The summed E-state index contributed by atoms with van der Waals surface area (Å²) < 4.78 is 56.4. The molecule has 12 heteroatoms. The molecule has 0 bridgehead atoms. The minimum absolute atomic E-state index is 0.160. The highest BCUT2D eigenvalue weighted by atomic mass is 19.4. The third-order valence-electron chi connectivity index (χ3n) is 6.54. The molecule has 8 nitrogen and oxygen atoms in total. The van der Waals surface area contributed by atoms with E-state index in [4.69, 9.17) is 0 Å². The molecule has 1 aliphatic rings. The highest BCUT2D eigenvalue weighted by Crippen LogP contribution is 2.31. The molecule has 5 rings (SSSR count). The van der Waals surface area contributed by atoms with Crippen LogP contribution in [0.4, 0.5) is 28.9 Å². The number of hydrogen-bond acceptors (Lipinski definition) is 7. The minimum atomic E-state index is -4.73. The summed E-state index contributed by atoms with van der Waals surface area (Å²) in [5, 5.41) is 0. The number of aromatic nitrogens is 5. The maximum Gasteiger partial charge on any atom is 0.435 e. The van der Waals surface area contributed by atoms with Gasteiger partial charge in [0.05, 0.1) is 17.9 Å². The first-order chi connectivity index (χ1) is 17.7. The van der Waals surface area contributed by atoms with Crippen molar-refractivity contribution >= 4 is 22.5 Å². The van der Waals surface area contributed by atoms with Gasteiger partial charge in [0, 0.05) is 56.5 Å². The second-order valence-corrected chi connectivity index (χ2v) is 8.82. The predicted octanol–water partition coefficient (Wildman–Crippen LogP) is 3.73. The standard InChI is InChI=1S/C25H23F4N7O/c1-15-4-3-5-17(26)20(15)34-10-12-35(13-11-34)21-16(2)19-23(33-9-7-31-19)36(24(21)37)14-18-22(25(27,28)29)32-8-6-30-18/h3-9H,10-14H2,1-2H3. The second kappa shape index (κ2) is 9.41. The molecule has 4 heterocycles. The zero-order chi connectivity index (χ0) is 26.3. The smallest absolute Gasteiger partial charge is 0.365 e.